The number of nitrogens with two attached hydrogens (primary N) is 1. The number of benzene rings is 2. The number of hydrogen-bond acceptors (Lipinski definition) is 3. The molecule has 4 rings (SSSR count). The second kappa shape index (κ2) is 5.08. The van der Waals surface area contributed by atoms with Crippen molar-refractivity contribution < 1.29 is 4.74 Å². The van der Waals surface area contributed by atoms with Gasteiger partial charge >= 0.3 is 0 Å². The van der Waals surface area contributed by atoms with Gasteiger partial charge in [-0.1, -0.05) is 29.8 Å². The molecule has 1 aromatic heterocycles. The normalized spacial score (nSPS) is 16.8. The van der Waals surface area contributed by atoms with E-state index in [1.54, 1.807) is 6.07 Å². The Morgan fingerprint density at radius 1 is 1.22 bits per heavy atom. The Morgan fingerprint density at radius 3 is 2.87 bits per heavy atom. The molecule has 5 heteroatoms. The van der Waals surface area contributed by atoms with E-state index in [-0.39, 0.29) is 11.8 Å². The highest BCUT2D eigenvalue weighted by atomic mass is 35.5. The molecule has 2 aromatic carbocycles. The monoisotopic (exact) mass is 321 g/mol. The summed E-state index contributed by atoms with van der Waals surface area (Å²) in [5, 5.41) is 11.1. The summed E-state index contributed by atoms with van der Waals surface area (Å²) in [4.78, 5) is 3.15. The molecule has 0 saturated carbocycles. The lowest BCUT2D eigenvalue weighted by atomic mass is 9.83. The lowest BCUT2D eigenvalue weighted by Gasteiger charge is -2.27. The van der Waals surface area contributed by atoms with E-state index in [2.05, 4.69) is 11.1 Å². The van der Waals surface area contributed by atoms with E-state index in [0.717, 1.165) is 22.0 Å². The first-order chi connectivity index (χ1) is 11.2. The zero-order valence-corrected chi connectivity index (χ0v) is 12.8. The van der Waals surface area contributed by atoms with E-state index < -0.39 is 0 Å². The third-order valence-corrected chi connectivity index (χ3v) is 4.33. The summed E-state index contributed by atoms with van der Waals surface area (Å²) in [6.07, 6.45) is 1.85. The first kappa shape index (κ1) is 13.7. The van der Waals surface area contributed by atoms with Crippen LogP contribution in [0.4, 0.5) is 0 Å². The number of nitrogens with one attached hydrogen (secondary N) is 1. The molecule has 1 aliphatic heterocycles. The van der Waals surface area contributed by atoms with Crippen molar-refractivity contribution >= 4 is 22.5 Å². The molecule has 0 aliphatic carbocycles. The van der Waals surface area contributed by atoms with Gasteiger partial charge in [0.15, 0.2) is 0 Å². The van der Waals surface area contributed by atoms with Crippen molar-refractivity contribution in [3.8, 4) is 11.8 Å². The molecule has 0 spiro atoms. The molecule has 0 saturated heterocycles. The predicted molar refractivity (Wildman–Crippen MR) is 89.0 cm³/mol. The van der Waals surface area contributed by atoms with Gasteiger partial charge < -0.3 is 15.5 Å². The summed E-state index contributed by atoms with van der Waals surface area (Å²) in [6.45, 7) is 0. The summed E-state index contributed by atoms with van der Waals surface area (Å²) in [5.41, 5.74) is 9.20. The number of hydrogen-bond donors (Lipinski definition) is 2. The summed E-state index contributed by atoms with van der Waals surface area (Å²) in [6, 6.07) is 15.5. The first-order valence-corrected chi connectivity index (χ1v) is 7.50. The molecule has 0 radical (unpaired) electrons. The van der Waals surface area contributed by atoms with E-state index in [0.29, 0.717) is 16.3 Å². The number of nitriles is 1. The smallest absolute Gasteiger partial charge is 0.205 e. The minimum atomic E-state index is -0.290. The molecule has 1 atom stereocenters. The zero-order valence-electron chi connectivity index (χ0n) is 12.0. The molecule has 112 valence electrons. The highest BCUT2D eigenvalue weighted by Gasteiger charge is 2.31. The van der Waals surface area contributed by atoms with Crippen LogP contribution in [-0.2, 0) is 0 Å². The van der Waals surface area contributed by atoms with Crippen molar-refractivity contribution in [2.45, 2.75) is 5.92 Å². The van der Waals surface area contributed by atoms with Crippen LogP contribution >= 0.6 is 11.6 Å². The van der Waals surface area contributed by atoms with Gasteiger partial charge in [-0.3, -0.25) is 0 Å². The molecule has 3 aromatic rings. The number of nitrogens with zero attached hydrogens (tertiary/aromatic N) is 1. The van der Waals surface area contributed by atoms with E-state index in [1.165, 1.54) is 0 Å². The largest absolute Gasteiger partial charge is 0.439 e. The average molecular weight is 322 g/mol. The minimum absolute atomic E-state index is 0.138. The molecular weight excluding hydrogens is 310 g/mol. The summed E-state index contributed by atoms with van der Waals surface area (Å²) < 4.78 is 5.77. The Bertz CT molecular complexity index is 997. The van der Waals surface area contributed by atoms with Crippen LogP contribution in [0.15, 0.2) is 60.1 Å². The number of aromatic nitrogens is 1. The Labute approximate surface area is 137 Å². The number of ether oxygens (including phenoxy) is 1. The number of halogens is 1. The second-order valence-corrected chi connectivity index (χ2v) is 5.84. The molecule has 0 bridgehead atoms. The molecule has 4 nitrogen and oxygen atoms in total. The van der Waals surface area contributed by atoms with Gasteiger partial charge in [0.25, 0.3) is 0 Å². The van der Waals surface area contributed by atoms with Gasteiger partial charge in [-0.15, -0.1) is 0 Å². The highest BCUT2D eigenvalue weighted by molar-refractivity contribution is 6.30. The van der Waals surface area contributed by atoms with Crippen LogP contribution in [0.2, 0.25) is 5.02 Å². The summed E-state index contributed by atoms with van der Waals surface area (Å²) in [5.74, 6) is 0.533. The molecule has 0 amide bonds. The van der Waals surface area contributed by atoms with Gasteiger partial charge in [-0.05, 0) is 29.8 Å². The second-order valence-electron chi connectivity index (χ2n) is 5.40. The average Bonchev–Trinajstić information content (AvgIpc) is 3.02. The van der Waals surface area contributed by atoms with Crippen LogP contribution in [-0.4, -0.2) is 4.98 Å². The van der Waals surface area contributed by atoms with Crippen LogP contribution < -0.4 is 10.5 Å². The molecule has 1 unspecified atom stereocenters. The number of allylic oxidation sites excluding steroid dienone is 1. The zero-order chi connectivity index (χ0) is 16.0. The Hall–Kier alpha value is -2.90. The molecule has 23 heavy (non-hydrogen) atoms. The van der Waals surface area contributed by atoms with Crippen molar-refractivity contribution in [3.63, 3.8) is 0 Å². The molecule has 1 aliphatic rings. The third-order valence-electron chi connectivity index (χ3n) is 4.09. The number of aromatic amines is 1. The molecule has 0 fully saturated rings. The van der Waals surface area contributed by atoms with Crippen molar-refractivity contribution in [1.29, 1.82) is 5.26 Å². The lowest BCUT2D eigenvalue weighted by Crippen LogP contribution is -2.21. The van der Waals surface area contributed by atoms with Crippen LogP contribution in [0.25, 0.3) is 10.9 Å². The van der Waals surface area contributed by atoms with E-state index >= 15 is 0 Å². The summed E-state index contributed by atoms with van der Waals surface area (Å²) in [7, 11) is 0. The number of H-pyrrole nitrogens is 1. The fourth-order valence-corrected chi connectivity index (χ4v) is 3.28. The van der Waals surface area contributed by atoms with Gasteiger partial charge in [0.05, 0.1) is 5.92 Å². The fourth-order valence-electron chi connectivity index (χ4n) is 3.08. The predicted octanol–water partition coefficient (Wildman–Crippen LogP) is 4.04. The number of rotatable bonds is 1. The molecule has 3 N–H and O–H groups in total. The van der Waals surface area contributed by atoms with Gasteiger partial charge in [-0.25, -0.2) is 0 Å². The molecule has 2 heterocycles. The van der Waals surface area contributed by atoms with Crippen molar-refractivity contribution in [2.24, 2.45) is 5.73 Å². The Kier molecular flexibility index (Phi) is 3.03. The maximum Gasteiger partial charge on any atom is 0.205 e. The van der Waals surface area contributed by atoms with E-state index in [9.17, 15) is 5.26 Å². The van der Waals surface area contributed by atoms with Crippen molar-refractivity contribution in [2.75, 3.05) is 0 Å². The topological polar surface area (TPSA) is 74.8 Å². The SMILES string of the molecule is N#CC1=C(N)Oc2c(ccc3[nH]ccc23)C1c1cccc(Cl)c1. The van der Waals surface area contributed by atoms with Crippen molar-refractivity contribution in [3.05, 3.63) is 76.3 Å². The van der Waals surface area contributed by atoms with Crippen LogP contribution in [0, 0.1) is 11.3 Å². The van der Waals surface area contributed by atoms with Gasteiger partial charge in [-0.2, -0.15) is 5.26 Å². The maximum atomic E-state index is 9.55. The fraction of sp³-hybridized carbons (Fsp3) is 0.0556. The van der Waals surface area contributed by atoms with Gasteiger partial charge in [0, 0.05) is 27.7 Å². The lowest BCUT2D eigenvalue weighted by molar-refractivity contribution is 0.398. The van der Waals surface area contributed by atoms with Gasteiger partial charge in [0.2, 0.25) is 5.88 Å². The maximum absolute atomic E-state index is 9.55. The quantitative estimate of drug-likeness (QED) is 0.710. The summed E-state index contributed by atoms with van der Waals surface area (Å²) >= 11 is 6.13. The first-order valence-electron chi connectivity index (χ1n) is 7.12. The van der Waals surface area contributed by atoms with Crippen LogP contribution in [0.1, 0.15) is 17.0 Å². The van der Waals surface area contributed by atoms with Crippen LogP contribution in [0.3, 0.4) is 0 Å². The third kappa shape index (κ3) is 2.06. The highest BCUT2D eigenvalue weighted by Crippen LogP contribution is 2.45. The van der Waals surface area contributed by atoms with E-state index in [4.69, 9.17) is 22.1 Å². The van der Waals surface area contributed by atoms with Gasteiger partial charge in [0.1, 0.15) is 17.4 Å². The van der Waals surface area contributed by atoms with E-state index in [1.807, 2.05) is 42.6 Å². The van der Waals surface area contributed by atoms with Crippen LogP contribution in [0.5, 0.6) is 5.75 Å². The minimum Gasteiger partial charge on any atom is -0.439 e. The Morgan fingerprint density at radius 2 is 2.09 bits per heavy atom. The number of fused-ring (bicyclic) bond motifs is 3. The Balaban J connectivity index is 2.02. The standard InChI is InChI=1S/C18H12ClN3O/c19-11-3-1-2-10(8-11)16-13-4-5-15-12(6-7-22-15)17(13)23-18(21)14(16)9-20/h1-8,16,22H,21H2. The molecular formula is C18H12ClN3O. The van der Waals surface area contributed by atoms with Crippen molar-refractivity contribution in [1.82, 2.24) is 4.98 Å².